The van der Waals surface area contributed by atoms with Gasteiger partial charge in [-0.05, 0) is 29.8 Å². The van der Waals surface area contributed by atoms with Crippen LogP contribution in [0.3, 0.4) is 0 Å². The molecule has 2 heterocycles. The number of rotatable bonds is 6. The first-order valence-electron chi connectivity index (χ1n) is 8.37. The molecule has 28 heavy (non-hydrogen) atoms. The van der Waals surface area contributed by atoms with E-state index in [0.29, 0.717) is 15.0 Å². The second kappa shape index (κ2) is 8.46. The van der Waals surface area contributed by atoms with Crippen molar-refractivity contribution in [2.75, 3.05) is 19.4 Å². The van der Waals surface area contributed by atoms with Crippen LogP contribution in [0.1, 0.15) is 12.0 Å². The molecule has 0 aromatic heterocycles. The quantitative estimate of drug-likeness (QED) is 0.534. The summed E-state index contributed by atoms with van der Waals surface area (Å²) in [6.45, 7) is 0.134. The van der Waals surface area contributed by atoms with Gasteiger partial charge in [-0.3, -0.25) is 14.5 Å². The van der Waals surface area contributed by atoms with Crippen molar-refractivity contribution < 1.29 is 22.7 Å². The Labute approximate surface area is 172 Å². The molecule has 2 amide bonds. The van der Waals surface area contributed by atoms with Crippen molar-refractivity contribution in [3.05, 3.63) is 46.2 Å². The van der Waals surface area contributed by atoms with Gasteiger partial charge in [-0.15, -0.1) is 0 Å². The first-order valence-corrected chi connectivity index (χ1v) is 11.3. The van der Waals surface area contributed by atoms with Gasteiger partial charge in [0.25, 0.3) is 5.91 Å². The average molecular weight is 439 g/mol. The minimum absolute atomic E-state index is 0.0310. The normalized spacial score (nSPS) is 22.1. The standard InChI is InChI=1S/C18H18N2O5S3/c1-25-14-4-2-3-12(9-14)10-15-17(22)20(18(26)27-15)7-5-16(21)19-13-6-8-28(23,24)11-13/h2-4,6,8-10,13H,5,7,11H2,1H3,(H,19,21)/b15-10-/t13-/m1/s1. The van der Waals surface area contributed by atoms with Gasteiger partial charge in [-0.1, -0.05) is 36.1 Å². The summed E-state index contributed by atoms with van der Waals surface area (Å²) in [5, 5.41) is 3.73. The minimum Gasteiger partial charge on any atom is -0.497 e. The van der Waals surface area contributed by atoms with Gasteiger partial charge >= 0.3 is 0 Å². The largest absolute Gasteiger partial charge is 0.497 e. The molecule has 7 nitrogen and oxygen atoms in total. The fourth-order valence-corrected chi connectivity index (χ4v) is 5.28. The SMILES string of the molecule is COc1cccc(/C=C2\SC(=S)N(CCC(=O)N[C@@H]3C=CS(=O)(=O)C3)C2=O)c1. The van der Waals surface area contributed by atoms with Gasteiger partial charge in [0.1, 0.15) is 10.1 Å². The molecule has 1 fully saturated rings. The number of carbonyl (C=O) groups is 2. The first-order chi connectivity index (χ1) is 13.3. The number of methoxy groups -OCH3 is 1. The lowest BCUT2D eigenvalue weighted by Gasteiger charge is -2.15. The lowest BCUT2D eigenvalue weighted by atomic mass is 10.2. The average Bonchev–Trinajstić information content (AvgIpc) is 3.11. The highest BCUT2D eigenvalue weighted by Gasteiger charge is 2.32. The van der Waals surface area contributed by atoms with Crippen molar-refractivity contribution >= 4 is 56.0 Å². The lowest BCUT2D eigenvalue weighted by Crippen LogP contribution is -2.38. The monoisotopic (exact) mass is 438 g/mol. The number of carbonyl (C=O) groups excluding carboxylic acids is 2. The number of thioether (sulfide) groups is 1. The molecule has 1 atom stereocenters. The van der Waals surface area contributed by atoms with Crippen LogP contribution >= 0.6 is 24.0 Å². The van der Waals surface area contributed by atoms with Gasteiger partial charge in [-0.25, -0.2) is 8.42 Å². The molecule has 148 valence electrons. The molecule has 1 saturated heterocycles. The molecule has 1 N–H and O–H groups in total. The molecule has 3 rings (SSSR count). The maximum absolute atomic E-state index is 12.6. The summed E-state index contributed by atoms with van der Waals surface area (Å²) in [6, 6.07) is 6.77. The summed E-state index contributed by atoms with van der Waals surface area (Å²) in [5.74, 6) is -0.0429. The third kappa shape index (κ3) is 5.00. The predicted molar refractivity (Wildman–Crippen MR) is 112 cm³/mol. The highest BCUT2D eigenvalue weighted by Crippen LogP contribution is 2.33. The summed E-state index contributed by atoms with van der Waals surface area (Å²) in [7, 11) is -1.66. The maximum atomic E-state index is 12.6. The van der Waals surface area contributed by atoms with Crippen LogP contribution in [0.2, 0.25) is 0 Å². The van der Waals surface area contributed by atoms with Gasteiger partial charge in [0.2, 0.25) is 5.91 Å². The lowest BCUT2D eigenvalue weighted by molar-refractivity contribution is -0.124. The van der Waals surface area contributed by atoms with E-state index in [0.717, 1.165) is 11.0 Å². The molecule has 0 spiro atoms. The number of nitrogens with one attached hydrogen (secondary N) is 1. The molecule has 2 aliphatic heterocycles. The van der Waals surface area contributed by atoms with Gasteiger partial charge < -0.3 is 10.1 Å². The van der Waals surface area contributed by atoms with Crippen LogP contribution in [0.15, 0.2) is 40.7 Å². The number of benzene rings is 1. The number of thiocarbonyl (C=S) groups is 1. The Bertz CT molecular complexity index is 985. The second-order valence-electron chi connectivity index (χ2n) is 6.19. The van der Waals surface area contributed by atoms with E-state index in [2.05, 4.69) is 5.32 Å². The summed E-state index contributed by atoms with van der Waals surface area (Å²) in [5.41, 5.74) is 0.812. The molecule has 1 aromatic rings. The fraction of sp³-hybridized carbons (Fsp3) is 0.278. The van der Waals surface area contributed by atoms with Crippen molar-refractivity contribution in [3.8, 4) is 5.75 Å². The van der Waals surface area contributed by atoms with E-state index in [-0.39, 0.29) is 30.5 Å². The summed E-state index contributed by atoms with van der Waals surface area (Å²) < 4.78 is 28.3. The minimum atomic E-state index is -3.23. The molecule has 0 bridgehead atoms. The van der Waals surface area contributed by atoms with Crippen LogP contribution in [-0.4, -0.2) is 54.9 Å². The van der Waals surface area contributed by atoms with E-state index in [4.69, 9.17) is 17.0 Å². The highest BCUT2D eigenvalue weighted by atomic mass is 32.2. The molecule has 10 heteroatoms. The third-order valence-electron chi connectivity index (χ3n) is 4.10. The number of sulfone groups is 1. The smallest absolute Gasteiger partial charge is 0.266 e. The Kier molecular flexibility index (Phi) is 6.21. The summed E-state index contributed by atoms with van der Waals surface area (Å²) >= 11 is 6.45. The number of hydrogen-bond donors (Lipinski definition) is 1. The Morgan fingerprint density at radius 3 is 2.93 bits per heavy atom. The van der Waals surface area contributed by atoms with E-state index >= 15 is 0 Å². The van der Waals surface area contributed by atoms with E-state index in [1.807, 2.05) is 24.3 Å². The van der Waals surface area contributed by atoms with Crippen molar-refractivity contribution in [2.45, 2.75) is 12.5 Å². The zero-order valence-electron chi connectivity index (χ0n) is 15.0. The molecule has 2 aliphatic rings. The Morgan fingerprint density at radius 1 is 1.46 bits per heavy atom. The van der Waals surface area contributed by atoms with Gasteiger partial charge in [0.15, 0.2) is 9.84 Å². The number of hydrogen-bond acceptors (Lipinski definition) is 7. The van der Waals surface area contributed by atoms with Crippen molar-refractivity contribution in [1.29, 1.82) is 0 Å². The van der Waals surface area contributed by atoms with Crippen LogP contribution in [0.5, 0.6) is 5.75 Å². The van der Waals surface area contributed by atoms with E-state index in [1.165, 1.54) is 22.7 Å². The Balaban J connectivity index is 1.58. The van der Waals surface area contributed by atoms with Crippen LogP contribution in [0.25, 0.3) is 6.08 Å². The molecule has 0 saturated carbocycles. The second-order valence-corrected chi connectivity index (χ2v) is 9.80. The maximum Gasteiger partial charge on any atom is 0.266 e. The molecular weight excluding hydrogens is 420 g/mol. The highest BCUT2D eigenvalue weighted by molar-refractivity contribution is 8.26. The van der Waals surface area contributed by atoms with Crippen LogP contribution < -0.4 is 10.1 Å². The molecule has 0 aliphatic carbocycles. The number of amides is 2. The zero-order valence-corrected chi connectivity index (χ0v) is 17.4. The van der Waals surface area contributed by atoms with Gasteiger partial charge in [0.05, 0.1) is 23.8 Å². The number of nitrogens with zero attached hydrogens (tertiary/aromatic N) is 1. The van der Waals surface area contributed by atoms with Crippen molar-refractivity contribution in [3.63, 3.8) is 0 Å². The molecule has 0 radical (unpaired) electrons. The van der Waals surface area contributed by atoms with Crippen molar-refractivity contribution in [1.82, 2.24) is 10.2 Å². The van der Waals surface area contributed by atoms with E-state index in [1.54, 1.807) is 13.2 Å². The van der Waals surface area contributed by atoms with E-state index < -0.39 is 15.9 Å². The third-order valence-corrected chi connectivity index (χ3v) is 6.88. The fourth-order valence-electron chi connectivity index (χ4n) is 2.73. The van der Waals surface area contributed by atoms with Crippen LogP contribution in [0, 0.1) is 0 Å². The molecule has 0 unspecified atom stereocenters. The summed E-state index contributed by atoms with van der Waals surface area (Å²) in [6.07, 6.45) is 3.21. The topological polar surface area (TPSA) is 92.8 Å². The number of ether oxygens (including phenoxy) is 1. The van der Waals surface area contributed by atoms with Crippen LogP contribution in [-0.2, 0) is 19.4 Å². The van der Waals surface area contributed by atoms with Crippen molar-refractivity contribution in [2.24, 2.45) is 0 Å². The molecule has 1 aromatic carbocycles. The van der Waals surface area contributed by atoms with Gasteiger partial charge in [-0.2, -0.15) is 0 Å². The zero-order chi connectivity index (χ0) is 20.3. The summed E-state index contributed by atoms with van der Waals surface area (Å²) in [4.78, 5) is 26.5. The predicted octanol–water partition coefficient (Wildman–Crippen LogP) is 1.71. The van der Waals surface area contributed by atoms with Gasteiger partial charge in [0, 0.05) is 18.4 Å². The molecular formula is C18H18N2O5S3. The van der Waals surface area contributed by atoms with E-state index in [9.17, 15) is 18.0 Å². The Morgan fingerprint density at radius 2 is 2.25 bits per heavy atom. The van der Waals surface area contributed by atoms with Crippen LogP contribution in [0.4, 0.5) is 0 Å². The Hall–Kier alpha value is -2.17. The first kappa shape index (κ1) is 20.6.